The average molecular weight is 711 g/mol. The molecular weight excluding hydrogens is 689 g/mol. The van der Waals surface area contributed by atoms with Crippen LogP contribution in [0.1, 0.15) is 11.1 Å². The number of nitrogens with zero attached hydrogens (tertiary/aromatic N) is 5. The van der Waals surface area contributed by atoms with Crippen molar-refractivity contribution in [3.8, 4) is 34.8 Å². The molecule has 0 aliphatic heterocycles. The van der Waals surface area contributed by atoms with Gasteiger partial charge in [0.1, 0.15) is 5.82 Å². The van der Waals surface area contributed by atoms with E-state index < -0.39 is 0 Å². The van der Waals surface area contributed by atoms with Crippen molar-refractivity contribution in [3.05, 3.63) is 139 Å². The largest absolute Gasteiger partial charge is 0.510 e. The van der Waals surface area contributed by atoms with Gasteiger partial charge in [-0.2, -0.15) is 23.5 Å². The van der Waals surface area contributed by atoms with Crippen LogP contribution < -0.4 is 9.30 Å². The summed E-state index contributed by atoms with van der Waals surface area (Å²) in [6.07, 6.45) is 9.04. The van der Waals surface area contributed by atoms with E-state index in [0.717, 1.165) is 39.0 Å². The monoisotopic (exact) mass is 710 g/mol. The molecule has 0 unspecified atom stereocenters. The first-order chi connectivity index (χ1) is 19.7. The number of hydrogen-bond donors (Lipinski definition) is 0. The fourth-order valence-electron chi connectivity index (χ4n) is 4.95. The van der Waals surface area contributed by atoms with E-state index in [1.807, 2.05) is 105 Å². The number of fused-ring (bicyclic) bond motifs is 3. The molecular formula is C34H21N5OPt-2. The molecule has 3 heterocycles. The van der Waals surface area contributed by atoms with Gasteiger partial charge in [0, 0.05) is 56.7 Å². The number of hydrogen-bond acceptors (Lipinski definition) is 3. The maximum Gasteiger partial charge on any atom is 0.267 e. The molecule has 0 spiro atoms. The fraction of sp³-hybridized carbons (Fsp3) is 0.0294. The Morgan fingerprint density at radius 1 is 0.878 bits per heavy atom. The second-order valence-corrected chi connectivity index (χ2v) is 9.38. The molecule has 0 bridgehead atoms. The zero-order valence-corrected chi connectivity index (χ0v) is 24.1. The Balaban J connectivity index is 0.00000302. The summed E-state index contributed by atoms with van der Waals surface area (Å²) in [5.41, 5.74) is 5.40. The maximum atomic E-state index is 9.47. The Bertz CT molecular complexity index is 2070. The number of nitriles is 1. The van der Waals surface area contributed by atoms with Crippen LogP contribution in [0.25, 0.3) is 39.0 Å². The van der Waals surface area contributed by atoms with E-state index in [9.17, 15) is 5.26 Å². The van der Waals surface area contributed by atoms with Crippen molar-refractivity contribution < 1.29 is 30.4 Å². The Labute approximate surface area is 251 Å². The van der Waals surface area contributed by atoms with Crippen molar-refractivity contribution in [2.45, 2.75) is 6.92 Å². The average Bonchev–Trinajstić information content (AvgIpc) is 3.61. The van der Waals surface area contributed by atoms with Crippen molar-refractivity contribution in [2.24, 2.45) is 0 Å². The normalized spacial score (nSPS) is 10.8. The first-order valence-corrected chi connectivity index (χ1v) is 12.8. The molecule has 0 aliphatic rings. The summed E-state index contributed by atoms with van der Waals surface area (Å²) < 4.78 is 12.2. The molecule has 200 valence electrons. The molecule has 4 aromatic carbocycles. The van der Waals surface area contributed by atoms with Crippen molar-refractivity contribution in [2.75, 3.05) is 0 Å². The molecule has 0 radical (unpaired) electrons. The zero-order valence-electron chi connectivity index (χ0n) is 21.9. The van der Waals surface area contributed by atoms with Crippen LogP contribution in [0.2, 0.25) is 0 Å². The number of ether oxygens (including phenoxy) is 1. The second kappa shape index (κ2) is 10.9. The molecule has 0 saturated carbocycles. The minimum absolute atomic E-state index is 0. The van der Waals surface area contributed by atoms with E-state index in [0.29, 0.717) is 17.1 Å². The van der Waals surface area contributed by atoms with Gasteiger partial charge in [0.25, 0.3) is 6.33 Å². The van der Waals surface area contributed by atoms with Crippen LogP contribution in [-0.4, -0.2) is 14.1 Å². The van der Waals surface area contributed by atoms with Gasteiger partial charge >= 0.3 is 0 Å². The Hall–Kier alpha value is -4.98. The molecule has 0 saturated heterocycles. The van der Waals surface area contributed by atoms with Crippen LogP contribution in [0, 0.1) is 36.7 Å². The second-order valence-electron chi connectivity index (χ2n) is 9.38. The van der Waals surface area contributed by atoms with Crippen LogP contribution in [0.4, 0.5) is 0 Å². The van der Waals surface area contributed by atoms with Crippen LogP contribution >= 0.6 is 0 Å². The number of benzene rings is 4. The van der Waals surface area contributed by atoms with Gasteiger partial charge in [-0.25, -0.2) is 4.98 Å². The van der Waals surface area contributed by atoms with Crippen LogP contribution in [0.15, 0.2) is 110 Å². The maximum absolute atomic E-state index is 9.47. The van der Waals surface area contributed by atoms with Crippen LogP contribution in [0.3, 0.4) is 0 Å². The summed E-state index contributed by atoms with van der Waals surface area (Å²) in [6, 6.07) is 38.3. The first kappa shape index (κ1) is 26.3. The van der Waals surface area contributed by atoms with Gasteiger partial charge in [0.2, 0.25) is 0 Å². The number of para-hydroxylation sites is 1. The third-order valence-corrected chi connectivity index (χ3v) is 6.84. The quantitative estimate of drug-likeness (QED) is 0.149. The Kier molecular flexibility index (Phi) is 6.97. The van der Waals surface area contributed by atoms with E-state index >= 15 is 0 Å². The number of aryl methyl sites for hydroxylation is 1. The molecule has 7 rings (SSSR count). The van der Waals surface area contributed by atoms with Gasteiger partial charge in [-0.3, -0.25) is 4.57 Å². The van der Waals surface area contributed by atoms with Crippen LogP contribution in [0.5, 0.6) is 11.5 Å². The fourth-order valence-corrected chi connectivity index (χ4v) is 4.95. The van der Waals surface area contributed by atoms with Crippen LogP contribution in [-0.2, 0) is 21.1 Å². The van der Waals surface area contributed by atoms with E-state index in [1.54, 1.807) is 6.20 Å². The summed E-state index contributed by atoms with van der Waals surface area (Å²) in [6.45, 7) is 2.08. The number of rotatable bonds is 5. The van der Waals surface area contributed by atoms with Crippen molar-refractivity contribution in [1.29, 1.82) is 5.26 Å². The molecule has 6 nitrogen and oxygen atoms in total. The summed E-state index contributed by atoms with van der Waals surface area (Å²) in [7, 11) is 0. The molecule has 0 amide bonds. The van der Waals surface area contributed by atoms with E-state index in [-0.39, 0.29) is 21.1 Å². The molecule has 3 aromatic heterocycles. The van der Waals surface area contributed by atoms with E-state index in [1.165, 1.54) is 5.56 Å². The van der Waals surface area contributed by atoms with Gasteiger partial charge in [-0.05, 0) is 60.0 Å². The van der Waals surface area contributed by atoms with Gasteiger partial charge in [0.15, 0.2) is 0 Å². The summed E-state index contributed by atoms with van der Waals surface area (Å²) in [5, 5.41) is 11.4. The van der Waals surface area contributed by atoms with Gasteiger partial charge in [-0.15, -0.1) is 29.7 Å². The molecule has 41 heavy (non-hydrogen) atoms. The predicted octanol–water partition coefficient (Wildman–Crippen LogP) is 6.62. The topological polar surface area (TPSA) is 59.6 Å². The number of imidazole rings is 1. The van der Waals surface area contributed by atoms with Crippen molar-refractivity contribution in [1.82, 2.24) is 14.1 Å². The summed E-state index contributed by atoms with van der Waals surface area (Å²) >= 11 is 0. The van der Waals surface area contributed by atoms with Crippen molar-refractivity contribution >= 4 is 21.8 Å². The zero-order chi connectivity index (χ0) is 27.1. The summed E-state index contributed by atoms with van der Waals surface area (Å²) in [5.74, 6) is 1.87. The molecule has 7 heteroatoms. The van der Waals surface area contributed by atoms with Gasteiger partial charge in [-0.1, -0.05) is 29.8 Å². The standard InChI is InChI=1S/C34H21N5O.Pt/c1-24-7-2-3-10-31(24)38-18-17-37(23-38)26-8-6-9-27(20-26)40-28-13-14-29-30-19-25(22-35)12-15-32(30)39(33(29)21-28)34-11-4-5-16-36-34;/h2-19H,1H3;/q-2;. The van der Waals surface area contributed by atoms with Crippen molar-refractivity contribution in [3.63, 3.8) is 0 Å². The smallest absolute Gasteiger partial charge is 0.267 e. The molecule has 0 aliphatic carbocycles. The van der Waals surface area contributed by atoms with E-state index in [4.69, 9.17) is 4.74 Å². The minimum Gasteiger partial charge on any atom is -0.510 e. The Morgan fingerprint density at radius 3 is 2.56 bits per heavy atom. The third kappa shape index (κ3) is 4.82. The first-order valence-electron chi connectivity index (χ1n) is 12.8. The minimum atomic E-state index is 0. The third-order valence-electron chi connectivity index (χ3n) is 6.84. The Morgan fingerprint density at radius 2 is 1.73 bits per heavy atom. The molecule has 0 atom stereocenters. The molecule has 0 N–H and O–H groups in total. The summed E-state index contributed by atoms with van der Waals surface area (Å²) in [4.78, 5) is 4.57. The number of pyridine rings is 1. The molecule has 0 fully saturated rings. The number of aromatic nitrogens is 4. The van der Waals surface area contributed by atoms with E-state index in [2.05, 4.69) is 48.6 Å². The SMILES string of the molecule is Cc1ccccc1-n1[c-][n+](-c2[c-]c(Oc3[c-]c4c(cc3)c3cc(C#N)ccc3n4-c3ccccn3)ccc2)cc1.[Pt]. The predicted molar refractivity (Wildman–Crippen MR) is 152 cm³/mol. The van der Waals surface area contributed by atoms with Gasteiger partial charge < -0.3 is 13.9 Å². The van der Waals surface area contributed by atoms with Gasteiger partial charge in [0.05, 0.1) is 17.3 Å². The molecule has 7 aromatic rings.